The first-order chi connectivity index (χ1) is 16.8. The van der Waals surface area contributed by atoms with Crippen molar-refractivity contribution >= 4 is 17.8 Å². The van der Waals surface area contributed by atoms with Gasteiger partial charge < -0.3 is 23.8 Å². The molecule has 35 heavy (non-hydrogen) atoms. The highest BCUT2D eigenvalue weighted by molar-refractivity contribution is 5.94. The number of ether oxygens (including phenoxy) is 2. The molecule has 0 spiro atoms. The zero-order valence-corrected chi connectivity index (χ0v) is 20.2. The second-order valence-electron chi connectivity index (χ2n) is 9.05. The molecular weight excluding hydrogens is 452 g/mol. The summed E-state index contributed by atoms with van der Waals surface area (Å²) in [6, 6.07) is 6.83. The Morgan fingerprint density at radius 2 is 1.97 bits per heavy atom. The number of amides is 2. The van der Waals surface area contributed by atoms with E-state index >= 15 is 0 Å². The fourth-order valence-corrected chi connectivity index (χ4v) is 4.67. The molecule has 10 heteroatoms. The summed E-state index contributed by atoms with van der Waals surface area (Å²) in [7, 11) is 1.28. The summed E-state index contributed by atoms with van der Waals surface area (Å²) >= 11 is 0. The van der Waals surface area contributed by atoms with Crippen molar-refractivity contribution in [2.75, 3.05) is 26.7 Å². The number of hydrogen-bond donors (Lipinski definition) is 0. The molecule has 0 radical (unpaired) electrons. The Morgan fingerprint density at radius 3 is 2.66 bits per heavy atom. The number of fused-ring (bicyclic) bond motifs is 1. The summed E-state index contributed by atoms with van der Waals surface area (Å²) in [5, 5.41) is 0. The van der Waals surface area contributed by atoms with Gasteiger partial charge in [0.1, 0.15) is 11.3 Å². The third kappa shape index (κ3) is 5.21. The van der Waals surface area contributed by atoms with E-state index in [9.17, 15) is 19.2 Å². The van der Waals surface area contributed by atoms with E-state index in [0.29, 0.717) is 38.3 Å². The van der Waals surface area contributed by atoms with Gasteiger partial charge in [-0.2, -0.15) is 0 Å². The molecule has 1 unspecified atom stereocenters. The van der Waals surface area contributed by atoms with Crippen LogP contribution in [-0.4, -0.2) is 70.0 Å². The van der Waals surface area contributed by atoms with Gasteiger partial charge in [-0.1, -0.05) is 6.07 Å². The lowest BCUT2D eigenvalue weighted by Gasteiger charge is -2.23. The van der Waals surface area contributed by atoms with Crippen LogP contribution in [0.2, 0.25) is 0 Å². The summed E-state index contributed by atoms with van der Waals surface area (Å²) in [5.74, 6) is -1.05. The van der Waals surface area contributed by atoms with Crippen LogP contribution in [0.4, 0.5) is 0 Å². The molecule has 4 heterocycles. The van der Waals surface area contributed by atoms with Gasteiger partial charge in [0.05, 0.1) is 31.4 Å². The molecule has 1 saturated heterocycles. The smallest absolute Gasteiger partial charge is 0.343 e. The van der Waals surface area contributed by atoms with Crippen molar-refractivity contribution in [1.29, 1.82) is 0 Å². The van der Waals surface area contributed by atoms with E-state index < -0.39 is 11.9 Å². The Labute approximate surface area is 203 Å². The van der Waals surface area contributed by atoms with E-state index in [1.165, 1.54) is 17.7 Å². The highest BCUT2D eigenvalue weighted by Crippen LogP contribution is 2.27. The number of methoxy groups -OCH3 is 1. The number of nitrogens with zero attached hydrogens (tertiary/aromatic N) is 4. The maximum atomic E-state index is 13.3. The van der Waals surface area contributed by atoms with Crippen LogP contribution in [0.3, 0.4) is 0 Å². The third-order valence-electron chi connectivity index (χ3n) is 6.30. The average Bonchev–Trinajstić information content (AvgIpc) is 3.05. The van der Waals surface area contributed by atoms with Crippen LogP contribution in [0.1, 0.15) is 42.0 Å². The van der Waals surface area contributed by atoms with Crippen LogP contribution in [0.5, 0.6) is 5.75 Å². The van der Waals surface area contributed by atoms with Gasteiger partial charge in [0.15, 0.2) is 0 Å². The van der Waals surface area contributed by atoms with Crippen molar-refractivity contribution in [1.82, 2.24) is 19.4 Å². The van der Waals surface area contributed by atoms with Gasteiger partial charge in [-0.15, -0.1) is 0 Å². The predicted molar refractivity (Wildman–Crippen MR) is 126 cm³/mol. The Kier molecular flexibility index (Phi) is 7.18. The normalized spacial score (nSPS) is 17.8. The molecule has 2 aromatic rings. The van der Waals surface area contributed by atoms with Gasteiger partial charge in [-0.05, 0) is 26.0 Å². The molecule has 2 aliphatic rings. The largest absolute Gasteiger partial charge is 0.490 e. The number of hydrogen-bond acceptors (Lipinski definition) is 7. The van der Waals surface area contributed by atoms with Crippen LogP contribution < -0.4 is 10.3 Å². The van der Waals surface area contributed by atoms with Gasteiger partial charge in [0.2, 0.25) is 11.8 Å². The Balaban J connectivity index is 1.51. The van der Waals surface area contributed by atoms with E-state index in [1.807, 2.05) is 32.0 Å². The Hall–Kier alpha value is -3.69. The van der Waals surface area contributed by atoms with Crippen molar-refractivity contribution in [2.24, 2.45) is 5.92 Å². The van der Waals surface area contributed by atoms with Crippen molar-refractivity contribution < 1.29 is 23.9 Å². The molecule has 0 saturated carbocycles. The summed E-state index contributed by atoms with van der Waals surface area (Å²) in [4.78, 5) is 59.0. The number of esters is 1. The molecule has 2 amide bonds. The lowest BCUT2D eigenvalue weighted by atomic mass is 10.1. The molecule has 0 bridgehead atoms. The molecular formula is C25H30N4O6. The predicted octanol–water partition coefficient (Wildman–Crippen LogP) is 1.25. The topological polar surface area (TPSA) is 111 Å². The van der Waals surface area contributed by atoms with Crippen LogP contribution in [0.25, 0.3) is 0 Å². The second-order valence-corrected chi connectivity index (χ2v) is 9.05. The summed E-state index contributed by atoms with van der Waals surface area (Å²) < 4.78 is 12.2. The van der Waals surface area contributed by atoms with E-state index in [2.05, 4.69) is 4.98 Å². The summed E-state index contributed by atoms with van der Waals surface area (Å²) in [6.07, 6.45) is 1.88. The minimum absolute atomic E-state index is 0.0771. The van der Waals surface area contributed by atoms with E-state index in [-0.39, 0.29) is 47.8 Å². The molecule has 0 aromatic carbocycles. The fraction of sp³-hybridized carbons (Fsp3) is 0.480. The molecule has 1 atom stereocenters. The fourth-order valence-electron chi connectivity index (χ4n) is 4.67. The number of carbonyl (C=O) groups is 3. The first-order valence-electron chi connectivity index (χ1n) is 11.8. The van der Waals surface area contributed by atoms with Crippen LogP contribution in [-0.2, 0) is 33.8 Å². The molecule has 10 nitrogen and oxygen atoms in total. The molecule has 186 valence electrons. The zero-order valence-electron chi connectivity index (χ0n) is 20.2. The maximum Gasteiger partial charge on any atom is 0.343 e. The number of carbonyl (C=O) groups excluding carboxylic acids is 3. The van der Waals surface area contributed by atoms with Gasteiger partial charge >= 0.3 is 5.97 Å². The molecule has 2 aromatic heterocycles. The molecule has 2 aliphatic heterocycles. The number of pyridine rings is 2. The SMILES string of the molecule is COC(=O)c1c(OC(C)C)cc(=O)n2c1CCN(C(=O)C1CC(=O)N(Cc3ccccn3)C1)CC2. The Bertz CT molecular complexity index is 1180. The minimum atomic E-state index is -0.587. The van der Waals surface area contributed by atoms with E-state index in [4.69, 9.17) is 9.47 Å². The first-order valence-corrected chi connectivity index (χ1v) is 11.8. The van der Waals surface area contributed by atoms with Crippen LogP contribution in [0, 0.1) is 5.92 Å². The maximum absolute atomic E-state index is 13.3. The van der Waals surface area contributed by atoms with Crippen LogP contribution >= 0.6 is 0 Å². The van der Waals surface area contributed by atoms with Crippen molar-refractivity contribution in [3.63, 3.8) is 0 Å². The Morgan fingerprint density at radius 1 is 1.17 bits per heavy atom. The zero-order chi connectivity index (χ0) is 25.1. The average molecular weight is 483 g/mol. The summed E-state index contributed by atoms with van der Waals surface area (Å²) in [6.45, 7) is 5.18. The monoisotopic (exact) mass is 482 g/mol. The number of likely N-dealkylation sites (tertiary alicyclic amines) is 1. The lowest BCUT2D eigenvalue weighted by molar-refractivity contribution is -0.135. The molecule has 4 rings (SSSR count). The van der Waals surface area contributed by atoms with Gasteiger partial charge in [0.25, 0.3) is 5.56 Å². The second kappa shape index (κ2) is 10.3. The van der Waals surface area contributed by atoms with Gasteiger partial charge in [0, 0.05) is 57.0 Å². The highest BCUT2D eigenvalue weighted by Gasteiger charge is 2.37. The number of aromatic nitrogens is 2. The molecule has 0 aliphatic carbocycles. The van der Waals surface area contributed by atoms with Crippen molar-refractivity contribution in [2.45, 2.75) is 45.9 Å². The quantitative estimate of drug-likeness (QED) is 0.570. The van der Waals surface area contributed by atoms with Gasteiger partial charge in [-0.3, -0.25) is 19.4 Å². The third-order valence-corrected chi connectivity index (χ3v) is 6.30. The van der Waals surface area contributed by atoms with E-state index in [1.54, 1.807) is 16.0 Å². The highest BCUT2D eigenvalue weighted by atomic mass is 16.5. The molecule has 1 fully saturated rings. The minimum Gasteiger partial charge on any atom is -0.490 e. The first kappa shape index (κ1) is 24.4. The lowest BCUT2D eigenvalue weighted by Crippen LogP contribution is -2.39. The number of rotatable bonds is 6. The standard InChI is InChI=1S/C25H30N4O6/c1-16(2)35-20-13-22(31)29-11-10-27(9-7-19(29)23(20)25(33)34-3)24(32)17-12-21(30)28(14-17)15-18-6-4-5-8-26-18/h4-6,8,13,16-17H,7,9-12,14-15H2,1-3H3. The van der Waals surface area contributed by atoms with Crippen molar-refractivity contribution in [3.05, 3.63) is 57.8 Å². The van der Waals surface area contributed by atoms with E-state index in [0.717, 1.165) is 5.69 Å². The summed E-state index contributed by atoms with van der Waals surface area (Å²) in [5.41, 5.74) is 1.19. The van der Waals surface area contributed by atoms with Gasteiger partial charge in [-0.25, -0.2) is 4.79 Å². The molecule has 0 N–H and O–H groups in total. The van der Waals surface area contributed by atoms with Crippen molar-refractivity contribution in [3.8, 4) is 5.75 Å². The van der Waals surface area contributed by atoms with Crippen LogP contribution in [0.15, 0.2) is 35.3 Å².